The van der Waals surface area contributed by atoms with Crippen molar-refractivity contribution in [2.45, 2.75) is 0 Å². The summed E-state index contributed by atoms with van der Waals surface area (Å²) in [6, 6.07) is 6.76. The molecule has 4 N–H and O–H groups in total. The van der Waals surface area contributed by atoms with Crippen LogP contribution in [0.3, 0.4) is 0 Å². The molecule has 0 amide bonds. The molecule has 0 saturated heterocycles. The summed E-state index contributed by atoms with van der Waals surface area (Å²) < 4.78 is 13.6. The number of benzene rings is 2. The molecule has 0 aliphatic rings. The molecule has 7 heteroatoms. The van der Waals surface area contributed by atoms with E-state index in [4.69, 9.17) is 34.0 Å². The topological polar surface area (TPSA) is 75.4 Å². The number of aromatic carboxylic acids is 1. The number of nitrogens with two attached hydrogens (primary N) is 1. The zero-order valence-corrected chi connectivity index (χ0v) is 11.5. The third-order valence-electron chi connectivity index (χ3n) is 2.51. The average Bonchev–Trinajstić information content (AvgIpc) is 2.31. The molecule has 4 nitrogen and oxygen atoms in total. The van der Waals surface area contributed by atoms with Crippen molar-refractivity contribution in [1.29, 1.82) is 0 Å². The van der Waals surface area contributed by atoms with Gasteiger partial charge in [0, 0.05) is 21.8 Å². The number of carboxylic acids is 1. The van der Waals surface area contributed by atoms with E-state index < -0.39 is 17.3 Å². The van der Waals surface area contributed by atoms with E-state index in [1.165, 1.54) is 0 Å². The van der Waals surface area contributed by atoms with E-state index in [1.807, 2.05) is 0 Å². The molecule has 0 saturated carbocycles. The molecular weight excluding hydrogens is 306 g/mol. The van der Waals surface area contributed by atoms with E-state index in [0.717, 1.165) is 12.1 Å². The number of carboxylic acid groups (broad SMARTS) is 1. The Hall–Kier alpha value is -1.98. The second kappa shape index (κ2) is 5.56. The first-order valence-electron chi connectivity index (χ1n) is 5.42. The summed E-state index contributed by atoms with van der Waals surface area (Å²) in [5, 5.41) is 12.4. The summed E-state index contributed by atoms with van der Waals surface area (Å²) >= 11 is 11.7. The highest BCUT2D eigenvalue weighted by Crippen LogP contribution is 2.29. The predicted octanol–water partition coefficient (Wildman–Crippen LogP) is 4.16. The summed E-state index contributed by atoms with van der Waals surface area (Å²) in [5.74, 6) is -2.27. The maximum Gasteiger partial charge on any atom is 0.338 e. The van der Waals surface area contributed by atoms with Crippen molar-refractivity contribution in [1.82, 2.24) is 0 Å². The van der Waals surface area contributed by atoms with Crippen LogP contribution in [0, 0.1) is 5.82 Å². The molecule has 104 valence electrons. The Morgan fingerprint density at radius 3 is 2.30 bits per heavy atom. The van der Waals surface area contributed by atoms with Crippen LogP contribution in [0.15, 0.2) is 30.3 Å². The highest BCUT2D eigenvalue weighted by atomic mass is 35.5. The van der Waals surface area contributed by atoms with Crippen LogP contribution in [0.1, 0.15) is 10.4 Å². The molecular formula is C13H9Cl2FN2O2. The van der Waals surface area contributed by atoms with Gasteiger partial charge in [-0.1, -0.05) is 23.2 Å². The van der Waals surface area contributed by atoms with Crippen LogP contribution in [0.25, 0.3) is 0 Å². The van der Waals surface area contributed by atoms with Gasteiger partial charge >= 0.3 is 5.97 Å². The molecule has 0 unspecified atom stereocenters. The van der Waals surface area contributed by atoms with Crippen LogP contribution in [0.4, 0.5) is 21.5 Å². The molecule has 2 rings (SSSR count). The van der Waals surface area contributed by atoms with Gasteiger partial charge in [-0.3, -0.25) is 0 Å². The van der Waals surface area contributed by atoms with Gasteiger partial charge in [0.05, 0.1) is 16.9 Å². The average molecular weight is 315 g/mol. The van der Waals surface area contributed by atoms with Gasteiger partial charge in [0.1, 0.15) is 5.82 Å². The van der Waals surface area contributed by atoms with Crippen molar-refractivity contribution in [3.8, 4) is 0 Å². The molecule has 20 heavy (non-hydrogen) atoms. The maximum absolute atomic E-state index is 13.6. The Balaban J connectivity index is 2.39. The number of carbonyl (C=O) groups is 1. The third kappa shape index (κ3) is 3.12. The van der Waals surface area contributed by atoms with Gasteiger partial charge in [-0.05, 0) is 24.3 Å². The molecule has 0 atom stereocenters. The Labute approximate surface area is 123 Å². The minimum absolute atomic E-state index is 0.0971. The van der Waals surface area contributed by atoms with E-state index in [0.29, 0.717) is 15.7 Å². The number of halogens is 3. The normalized spacial score (nSPS) is 10.3. The quantitative estimate of drug-likeness (QED) is 0.744. The minimum atomic E-state index is -1.38. The summed E-state index contributed by atoms with van der Waals surface area (Å²) in [7, 11) is 0. The molecule has 2 aromatic rings. The molecule has 0 heterocycles. The number of hydrogen-bond donors (Lipinski definition) is 3. The molecule has 0 aliphatic heterocycles. The Kier molecular flexibility index (Phi) is 4.01. The summed E-state index contributed by atoms with van der Waals surface area (Å²) in [5.41, 5.74) is 6.04. The van der Waals surface area contributed by atoms with Gasteiger partial charge in [-0.2, -0.15) is 0 Å². The zero-order chi connectivity index (χ0) is 14.9. The zero-order valence-electron chi connectivity index (χ0n) is 9.95. The largest absolute Gasteiger partial charge is 0.478 e. The van der Waals surface area contributed by atoms with Crippen LogP contribution in [0.5, 0.6) is 0 Å². The molecule has 0 bridgehead atoms. The van der Waals surface area contributed by atoms with E-state index in [2.05, 4.69) is 5.32 Å². The monoisotopic (exact) mass is 314 g/mol. The second-order valence-corrected chi connectivity index (χ2v) is 4.88. The maximum atomic E-state index is 13.6. The van der Waals surface area contributed by atoms with Gasteiger partial charge in [-0.25, -0.2) is 9.18 Å². The number of nitrogens with one attached hydrogen (secondary N) is 1. The third-order valence-corrected chi connectivity index (χ3v) is 2.95. The number of nitrogen functional groups attached to an aromatic ring is 1. The smallest absolute Gasteiger partial charge is 0.338 e. The first kappa shape index (κ1) is 14.4. The standard InChI is InChI=1S/C13H9Cl2FN2O2/c14-6-1-7(15)3-8(2-6)18-12-5-10(16)9(13(19)20)4-11(12)17/h1-5,18H,17H2,(H,19,20). The van der Waals surface area contributed by atoms with Crippen molar-refractivity contribution in [3.63, 3.8) is 0 Å². The van der Waals surface area contributed by atoms with Crippen molar-refractivity contribution in [2.24, 2.45) is 0 Å². The lowest BCUT2D eigenvalue weighted by molar-refractivity contribution is 0.0692. The minimum Gasteiger partial charge on any atom is -0.478 e. The van der Waals surface area contributed by atoms with E-state index in [1.54, 1.807) is 18.2 Å². The van der Waals surface area contributed by atoms with Crippen LogP contribution in [-0.2, 0) is 0 Å². The predicted molar refractivity (Wildman–Crippen MR) is 77.5 cm³/mol. The summed E-state index contributed by atoms with van der Waals surface area (Å²) in [6.45, 7) is 0. The van der Waals surface area contributed by atoms with E-state index in [9.17, 15) is 9.18 Å². The van der Waals surface area contributed by atoms with Crippen LogP contribution in [0.2, 0.25) is 10.0 Å². The van der Waals surface area contributed by atoms with Crippen molar-refractivity contribution < 1.29 is 14.3 Å². The fourth-order valence-electron chi connectivity index (χ4n) is 1.64. The molecule has 0 aromatic heterocycles. The van der Waals surface area contributed by atoms with Gasteiger partial charge in [0.2, 0.25) is 0 Å². The Bertz CT molecular complexity index is 672. The van der Waals surface area contributed by atoms with Crippen LogP contribution >= 0.6 is 23.2 Å². The molecule has 0 aliphatic carbocycles. The SMILES string of the molecule is Nc1cc(C(=O)O)c(F)cc1Nc1cc(Cl)cc(Cl)c1. The Morgan fingerprint density at radius 1 is 1.15 bits per heavy atom. The first-order chi connectivity index (χ1) is 9.36. The van der Waals surface area contributed by atoms with Crippen molar-refractivity contribution in [3.05, 3.63) is 51.8 Å². The van der Waals surface area contributed by atoms with Gasteiger partial charge in [-0.15, -0.1) is 0 Å². The summed E-state index contributed by atoms with van der Waals surface area (Å²) in [6.07, 6.45) is 0. The van der Waals surface area contributed by atoms with E-state index >= 15 is 0 Å². The number of hydrogen-bond acceptors (Lipinski definition) is 3. The van der Waals surface area contributed by atoms with Crippen molar-refractivity contribution in [2.75, 3.05) is 11.1 Å². The lowest BCUT2D eigenvalue weighted by Crippen LogP contribution is -2.05. The molecule has 0 spiro atoms. The highest BCUT2D eigenvalue weighted by molar-refractivity contribution is 6.35. The number of rotatable bonds is 3. The van der Waals surface area contributed by atoms with E-state index in [-0.39, 0.29) is 11.4 Å². The lowest BCUT2D eigenvalue weighted by atomic mass is 10.1. The molecule has 0 radical (unpaired) electrons. The lowest BCUT2D eigenvalue weighted by Gasteiger charge is -2.11. The van der Waals surface area contributed by atoms with Crippen molar-refractivity contribution >= 4 is 46.2 Å². The fourth-order valence-corrected chi connectivity index (χ4v) is 2.17. The second-order valence-electron chi connectivity index (χ2n) is 4.01. The van der Waals surface area contributed by atoms with Gasteiger partial charge in [0.25, 0.3) is 0 Å². The van der Waals surface area contributed by atoms with Crippen LogP contribution in [-0.4, -0.2) is 11.1 Å². The molecule has 2 aromatic carbocycles. The Morgan fingerprint density at radius 2 is 1.75 bits per heavy atom. The summed E-state index contributed by atoms with van der Waals surface area (Å²) in [4.78, 5) is 10.8. The van der Waals surface area contributed by atoms with Gasteiger partial charge < -0.3 is 16.2 Å². The fraction of sp³-hybridized carbons (Fsp3) is 0. The van der Waals surface area contributed by atoms with Gasteiger partial charge in [0.15, 0.2) is 0 Å². The highest BCUT2D eigenvalue weighted by Gasteiger charge is 2.14. The first-order valence-corrected chi connectivity index (χ1v) is 6.18. The molecule has 0 fully saturated rings. The van der Waals surface area contributed by atoms with Crippen LogP contribution < -0.4 is 11.1 Å². The number of anilines is 3.